The molecular weight excluding hydrogens is 372 g/mol. The minimum absolute atomic E-state index is 0.0342. The first-order valence-electron chi connectivity index (χ1n) is 8.66. The number of benzene rings is 2. The summed E-state index contributed by atoms with van der Waals surface area (Å²) in [6.07, 6.45) is 0.764. The number of rotatable bonds is 6. The van der Waals surface area contributed by atoms with Gasteiger partial charge in [-0.3, -0.25) is 14.9 Å². The van der Waals surface area contributed by atoms with Crippen molar-refractivity contribution >= 4 is 28.3 Å². The van der Waals surface area contributed by atoms with E-state index >= 15 is 0 Å². The molecule has 7 heteroatoms. The molecule has 0 aliphatic carbocycles. The minimum atomic E-state index is -0.300. The van der Waals surface area contributed by atoms with Crippen LogP contribution in [0.25, 0.3) is 11.3 Å². The average Bonchev–Trinajstić information content (AvgIpc) is 3.16. The summed E-state index contributed by atoms with van der Waals surface area (Å²) in [5.41, 5.74) is 3.70. The molecule has 0 aliphatic heterocycles. The van der Waals surface area contributed by atoms with Gasteiger partial charge in [0.05, 0.1) is 17.3 Å². The molecule has 2 aromatic carbocycles. The topological polar surface area (TPSA) is 94.9 Å². The maximum atomic E-state index is 12.3. The molecule has 0 bridgehead atoms. The second-order valence-corrected chi connectivity index (χ2v) is 6.97. The fourth-order valence-corrected chi connectivity index (χ4v) is 3.30. The molecule has 3 rings (SSSR count). The first kappa shape index (κ1) is 19.3. The highest BCUT2D eigenvalue weighted by Crippen LogP contribution is 2.25. The van der Waals surface area contributed by atoms with Crippen LogP contribution in [0.5, 0.6) is 0 Å². The smallest absolute Gasteiger partial charge is 0.257 e. The molecule has 3 aromatic rings. The number of amides is 2. The molecule has 140 valence electrons. The molecule has 6 nitrogen and oxygen atoms in total. The molecule has 0 radical (unpaired) electrons. The largest absolute Gasteiger partial charge is 0.356 e. The zero-order chi connectivity index (χ0) is 19.9. The van der Waals surface area contributed by atoms with Crippen molar-refractivity contribution in [2.75, 3.05) is 11.9 Å². The molecule has 1 aromatic heterocycles. The number of aromatic nitrogens is 1. The molecule has 0 aliphatic rings. The number of carbonyl (C=O) groups excluding carboxylic acids is 2. The number of nitriles is 1. The van der Waals surface area contributed by atoms with E-state index in [2.05, 4.69) is 15.6 Å². The van der Waals surface area contributed by atoms with E-state index in [-0.39, 0.29) is 11.8 Å². The SMILES string of the molecule is CC(=O)NCCc1ccc(-c2csc(NC(=O)c3cccc(C#N)c3)n2)cc1. The van der Waals surface area contributed by atoms with Gasteiger partial charge in [-0.15, -0.1) is 11.3 Å². The van der Waals surface area contributed by atoms with Gasteiger partial charge in [0, 0.05) is 30.0 Å². The van der Waals surface area contributed by atoms with E-state index in [1.54, 1.807) is 24.3 Å². The number of nitrogens with one attached hydrogen (secondary N) is 2. The quantitative estimate of drug-likeness (QED) is 0.672. The lowest BCUT2D eigenvalue weighted by molar-refractivity contribution is -0.118. The highest BCUT2D eigenvalue weighted by Gasteiger charge is 2.10. The number of thiazole rings is 1. The highest BCUT2D eigenvalue weighted by molar-refractivity contribution is 7.14. The fourth-order valence-electron chi connectivity index (χ4n) is 2.59. The molecule has 0 saturated carbocycles. The highest BCUT2D eigenvalue weighted by atomic mass is 32.1. The van der Waals surface area contributed by atoms with Gasteiger partial charge in [0.2, 0.25) is 5.91 Å². The van der Waals surface area contributed by atoms with E-state index in [0.717, 1.165) is 23.2 Å². The Kier molecular flexibility index (Phi) is 6.14. The number of anilines is 1. The second kappa shape index (κ2) is 8.93. The van der Waals surface area contributed by atoms with Crippen molar-refractivity contribution in [2.45, 2.75) is 13.3 Å². The van der Waals surface area contributed by atoms with Crippen molar-refractivity contribution < 1.29 is 9.59 Å². The first-order valence-corrected chi connectivity index (χ1v) is 9.54. The lowest BCUT2D eigenvalue weighted by Gasteiger charge is -2.04. The molecule has 0 fully saturated rings. The number of hydrogen-bond donors (Lipinski definition) is 2. The predicted octanol–water partition coefficient (Wildman–Crippen LogP) is 3.61. The molecule has 2 amide bonds. The maximum Gasteiger partial charge on any atom is 0.257 e. The summed E-state index contributed by atoms with van der Waals surface area (Å²) in [6, 6.07) is 16.5. The summed E-state index contributed by atoms with van der Waals surface area (Å²) in [5, 5.41) is 16.9. The monoisotopic (exact) mass is 390 g/mol. The van der Waals surface area contributed by atoms with Crippen LogP contribution in [0.15, 0.2) is 53.9 Å². The van der Waals surface area contributed by atoms with Gasteiger partial charge in [0.15, 0.2) is 5.13 Å². The van der Waals surface area contributed by atoms with Gasteiger partial charge in [-0.25, -0.2) is 4.98 Å². The lowest BCUT2D eigenvalue weighted by atomic mass is 10.1. The van der Waals surface area contributed by atoms with Gasteiger partial charge < -0.3 is 5.32 Å². The summed E-state index contributed by atoms with van der Waals surface area (Å²) in [7, 11) is 0. The Morgan fingerprint density at radius 2 is 1.96 bits per heavy atom. The summed E-state index contributed by atoms with van der Waals surface area (Å²) < 4.78 is 0. The summed E-state index contributed by atoms with van der Waals surface area (Å²) in [6.45, 7) is 2.11. The van der Waals surface area contributed by atoms with Gasteiger partial charge >= 0.3 is 0 Å². The Morgan fingerprint density at radius 1 is 1.18 bits per heavy atom. The zero-order valence-electron chi connectivity index (χ0n) is 15.2. The average molecular weight is 390 g/mol. The number of carbonyl (C=O) groups is 2. The van der Waals surface area contributed by atoms with Crippen LogP contribution in [0.2, 0.25) is 0 Å². The van der Waals surface area contributed by atoms with Gasteiger partial charge in [-0.1, -0.05) is 30.3 Å². The standard InChI is InChI=1S/C21H18N4O2S/c1-14(26)23-10-9-15-5-7-17(8-6-15)19-13-28-21(24-19)25-20(27)18-4-2-3-16(11-18)12-22/h2-8,11,13H,9-10H2,1H3,(H,23,26)(H,24,25,27). The molecule has 2 N–H and O–H groups in total. The van der Waals surface area contributed by atoms with E-state index in [0.29, 0.717) is 22.8 Å². The van der Waals surface area contributed by atoms with Gasteiger partial charge in [-0.2, -0.15) is 5.26 Å². The Hall–Kier alpha value is -3.50. The summed E-state index contributed by atoms with van der Waals surface area (Å²) in [4.78, 5) is 27.7. The van der Waals surface area contributed by atoms with E-state index in [9.17, 15) is 9.59 Å². The molecule has 1 heterocycles. The van der Waals surface area contributed by atoms with E-state index in [4.69, 9.17) is 5.26 Å². The second-order valence-electron chi connectivity index (χ2n) is 6.11. The van der Waals surface area contributed by atoms with Crippen LogP contribution >= 0.6 is 11.3 Å². The van der Waals surface area contributed by atoms with Crippen LogP contribution in [0.1, 0.15) is 28.4 Å². The molecule has 0 unspecified atom stereocenters. The van der Waals surface area contributed by atoms with Crippen LogP contribution in [0, 0.1) is 11.3 Å². The molecule has 0 saturated heterocycles. The Morgan fingerprint density at radius 3 is 2.68 bits per heavy atom. The van der Waals surface area contributed by atoms with E-state index in [1.807, 2.05) is 35.7 Å². The van der Waals surface area contributed by atoms with Crippen molar-refractivity contribution in [3.05, 3.63) is 70.6 Å². The number of hydrogen-bond acceptors (Lipinski definition) is 5. The minimum Gasteiger partial charge on any atom is -0.356 e. The first-order chi connectivity index (χ1) is 13.5. The van der Waals surface area contributed by atoms with Crippen molar-refractivity contribution in [2.24, 2.45) is 0 Å². The van der Waals surface area contributed by atoms with Crippen LogP contribution in [0.4, 0.5) is 5.13 Å². The van der Waals surface area contributed by atoms with Crippen LogP contribution in [-0.2, 0) is 11.2 Å². The Balaban J connectivity index is 1.64. The third kappa shape index (κ3) is 5.02. The third-order valence-electron chi connectivity index (χ3n) is 4.02. The van der Waals surface area contributed by atoms with Crippen LogP contribution in [-0.4, -0.2) is 23.3 Å². The van der Waals surface area contributed by atoms with Crippen molar-refractivity contribution in [3.63, 3.8) is 0 Å². The van der Waals surface area contributed by atoms with Crippen LogP contribution < -0.4 is 10.6 Å². The lowest BCUT2D eigenvalue weighted by Crippen LogP contribution is -2.22. The summed E-state index contributed by atoms with van der Waals surface area (Å²) in [5.74, 6) is -0.334. The normalized spacial score (nSPS) is 10.1. The fraction of sp³-hybridized carbons (Fsp3) is 0.143. The van der Waals surface area contributed by atoms with Crippen LogP contribution in [0.3, 0.4) is 0 Å². The van der Waals surface area contributed by atoms with Gasteiger partial charge in [0.25, 0.3) is 5.91 Å². The molecular formula is C21H18N4O2S. The molecule has 0 atom stereocenters. The maximum absolute atomic E-state index is 12.3. The molecule has 28 heavy (non-hydrogen) atoms. The molecule has 0 spiro atoms. The van der Waals surface area contributed by atoms with Crippen molar-refractivity contribution in [1.29, 1.82) is 5.26 Å². The van der Waals surface area contributed by atoms with Gasteiger partial charge in [0.1, 0.15) is 0 Å². The van der Waals surface area contributed by atoms with E-state index in [1.165, 1.54) is 18.3 Å². The zero-order valence-corrected chi connectivity index (χ0v) is 16.0. The summed E-state index contributed by atoms with van der Waals surface area (Å²) >= 11 is 1.34. The number of nitrogens with zero attached hydrogens (tertiary/aromatic N) is 2. The third-order valence-corrected chi connectivity index (χ3v) is 4.77. The predicted molar refractivity (Wildman–Crippen MR) is 109 cm³/mol. The Labute approximate surface area is 166 Å². The van der Waals surface area contributed by atoms with Crippen molar-refractivity contribution in [1.82, 2.24) is 10.3 Å². The van der Waals surface area contributed by atoms with Gasteiger partial charge in [-0.05, 0) is 30.2 Å². The van der Waals surface area contributed by atoms with E-state index < -0.39 is 0 Å². The Bertz CT molecular complexity index is 1040. The van der Waals surface area contributed by atoms with Crippen molar-refractivity contribution in [3.8, 4) is 17.3 Å².